The molecular formula is C22H30N4O3. The summed E-state index contributed by atoms with van der Waals surface area (Å²) in [6, 6.07) is 7.91. The fourth-order valence-electron chi connectivity index (χ4n) is 4.72. The first-order chi connectivity index (χ1) is 14.2. The van der Waals surface area contributed by atoms with Crippen molar-refractivity contribution in [2.45, 2.75) is 38.1 Å². The molecule has 2 saturated heterocycles. The van der Waals surface area contributed by atoms with Gasteiger partial charge in [0.05, 0.1) is 19.9 Å². The number of ether oxygens (including phenoxy) is 2. The highest BCUT2D eigenvalue weighted by molar-refractivity contribution is 5.93. The summed E-state index contributed by atoms with van der Waals surface area (Å²) in [6.07, 6.45) is 6.28. The summed E-state index contributed by atoms with van der Waals surface area (Å²) in [5.74, 6) is 1.82. The van der Waals surface area contributed by atoms with Gasteiger partial charge in [-0.3, -0.25) is 9.89 Å². The minimum Gasteiger partial charge on any atom is -0.497 e. The van der Waals surface area contributed by atoms with E-state index in [2.05, 4.69) is 20.4 Å². The summed E-state index contributed by atoms with van der Waals surface area (Å²) in [6.45, 7) is 3.14. The van der Waals surface area contributed by atoms with Gasteiger partial charge in [-0.25, -0.2) is 0 Å². The van der Waals surface area contributed by atoms with Gasteiger partial charge in [0.15, 0.2) is 0 Å². The summed E-state index contributed by atoms with van der Waals surface area (Å²) in [7, 11) is 3.23. The lowest BCUT2D eigenvalue weighted by molar-refractivity contribution is 0.0575. The lowest BCUT2D eigenvalue weighted by Gasteiger charge is -2.44. The number of methoxy groups -OCH3 is 2. The van der Waals surface area contributed by atoms with Crippen LogP contribution in [0.2, 0.25) is 0 Å². The molecule has 0 unspecified atom stereocenters. The van der Waals surface area contributed by atoms with Crippen LogP contribution in [0, 0.1) is 5.92 Å². The van der Waals surface area contributed by atoms with Gasteiger partial charge in [0, 0.05) is 18.2 Å². The quantitative estimate of drug-likeness (QED) is 0.782. The van der Waals surface area contributed by atoms with Gasteiger partial charge in [-0.2, -0.15) is 5.10 Å². The van der Waals surface area contributed by atoms with Gasteiger partial charge in [-0.1, -0.05) is 6.42 Å². The van der Waals surface area contributed by atoms with Gasteiger partial charge in [-0.05, 0) is 69.0 Å². The monoisotopic (exact) mass is 398 g/mol. The van der Waals surface area contributed by atoms with Crippen molar-refractivity contribution >= 4 is 5.91 Å². The summed E-state index contributed by atoms with van der Waals surface area (Å²) in [5.41, 5.74) is 1.90. The molecule has 156 valence electrons. The second-order valence-electron chi connectivity index (χ2n) is 7.94. The molecule has 0 aliphatic carbocycles. The van der Waals surface area contributed by atoms with Crippen molar-refractivity contribution in [2.75, 3.05) is 33.9 Å². The number of piperidine rings is 2. The molecule has 7 heteroatoms. The van der Waals surface area contributed by atoms with E-state index in [-0.39, 0.29) is 5.91 Å². The van der Waals surface area contributed by atoms with Gasteiger partial charge in [0.2, 0.25) is 0 Å². The molecule has 0 spiro atoms. The van der Waals surface area contributed by atoms with Gasteiger partial charge >= 0.3 is 0 Å². The topological polar surface area (TPSA) is 79.5 Å². The summed E-state index contributed by atoms with van der Waals surface area (Å²) in [4.78, 5) is 15.3. The summed E-state index contributed by atoms with van der Waals surface area (Å²) >= 11 is 0. The van der Waals surface area contributed by atoms with Crippen LogP contribution in [-0.4, -0.2) is 60.9 Å². The fourth-order valence-corrected chi connectivity index (χ4v) is 4.72. The molecule has 2 aliphatic heterocycles. The molecule has 2 N–H and O–H groups in total. The zero-order chi connectivity index (χ0) is 20.2. The van der Waals surface area contributed by atoms with Gasteiger partial charge in [0.1, 0.15) is 17.2 Å². The Morgan fingerprint density at radius 1 is 1.17 bits per heavy atom. The van der Waals surface area contributed by atoms with Crippen LogP contribution in [0.4, 0.5) is 0 Å². The number of rotatable bonds is 6. The number of hydrogen-bond acceptors (Lipinski definition) is 5. The molecular weight excluding hydrogens is 368 g/mol. The highest BCUT2D eigenvalue weighted by Gasteiger charge is 2.33. The molecule has 2 aromatic rings. The molecule has 0 saturated carbocycles. The molecule has 1 aromatic carbocycles. The number of aromatic amines is 1. The number of benzene rings is 1. The zero-order valence-electron chi connectivity index (χ0n) is 17.2. The molecule has 3 heterocycles. The maximum atomic E-state index is 12.7. The smallest absolute Gasteiger partial charge is 0.269 e. The van der Waals surface area contributed by atoms with E-state index < -0.39 is 0 Å². The molecule has 0 bridgehead atoms. The second-order valence-corrected chi connectivity index (χ2v) is 7.94. The van der Waals surface area contributed by atoms with Crippen LogP contribution in [0.15, 0.2) is 24.3 Å². The fraction of sp³-hybridized carbons (Fsp3) is 0.545. The third-order valence-corrected chi connectivity index (χ3v) is 6.26. The number of amides is 1. The standard InChI is InChI=1S/C22H30N4O3/c1-28-16-8-9-21(29-2)17(12-16)18-13-19(25-24-18)22(27)23-14-15-6-5-11-26-10-4-3-7-20(15)26/h8-9,12-13,15,20H,3-7,10-11,14H2,1-2H3,(H,23,27)(H,24,25)/t15-,20+/m0/s1. The van der Waals surface area contributed by atoms with E-state index >= 15 is 0 Å². The lowest BCUT2D eigenvalue weighted by Crippen LogP contribution is -2.51. The van der Waals surface area contributed by atoms with E-state index in [0.717, 1.165) is 12.1 Å². The number of aromatic nitrogens is 2. The zero-order valence-corrected chi connectivity index (χ0v) is 17.2. The average Bonchev–Trinajstić information content (AvgIpc) is 3.27. The molecule has 2 aliphatic rings. The first-order valence-corrected chi connectivity index (χ1v) is 10.5. The number of nitrogens with zero attached hydrogens (tertiary/aromatic N) is 2. The number of carbonyl (C=O) groups is 1. The second kappa shape index (κ2) is 8.86. The van der Waals surface area contributed by atoms with Crippen LogP contribution in [0.3, 0.4) is 0 Å². The Balaban J connectivity index is 1.42. The number of nitrogens with one attached hydrogen (secondary N) is 2. The molecule has 1 aromatic heterocycles. The van der Waals surface area contributed by atoms with E-state index in [1.165, 1.54) is 45.2 Å². The Morgan fingerprint density at radius 2 is 2.03 bits per heavy atom. The third kappa shape index (κ3) is 4.24. The molecule has 4 rings (SSSR count). The van der Waals surface area contributed by atoms with Crippen LogP contribution in [0.5, 0.6) is 11.5 Å². The van der Waals surface area contributed by atoms with Crippen LogP contribution in [0.1, 0.15) is 42.6 Å². The largest absolute Gasteiger partial charge is 0.497 e. The van der Waals surface area contributed by atoms with Crippen molar-refractivity contribution in [3.05, 3.63) is 30.0 Å². The average molecular weight is 399 g/mol. The van der Waals surface area contributed by atoms with Gasteiger partial charge in [-0.15, -0.1) is 0 Å². The predicted molar refractivity (Wildman–Crippen MR) is 111 cm³/mol. The van der Waals surface area contributed by atoms with Crippen molar-refractivity contribution < 1.29 is 14.3 Å². The van der Waals surface area contributed by atoms with Gasteiger partial charge < -0.3 is 19.7 Å². The highest BCUT2D eigenvalue weighted by Crippen LogP contribution is 2.33. The van der Waals surface area contributed by atoms with Crippen molar-refractivity contribution in [1.82, 2.24) is 20.4 Å². The summed E-state index contributed by atoms with van der Waals surface area (Å²) < 4.78 is 10.7. The normalized spacial score (nSPS) is 22.0. The van der Waals surface area contributed by atoms with Crippen LogP contribution in [-0.2, 0) is 0 Å². The van der Waals surface area contributed by atoms with Crippen molar-refractivity contribution in [1.29, 1.82) is 0 Å². The molecule has 2 fully saturated rings. The van der Waals surface area contributed by atoms with E-state index in [1.807, 2.05) is 18.2 Å². The van der Waals surface area contributed by atoms with Gasteiger partial charge in [0.25, 0.3) is 5.91 Å². The molecule has 29 heavy (non-hydrogen) atoms. The number of H-pyrrole nitrogens is 1. The van der Waals surface area contributed by atoms with Crippen molar-refractivity contribution in [3.63, 3.8) is 0 Å². The first-order valence-electron chi connectivity index (χ1n) is 10.5. The Labute approximate surface area is 171 Å². The van der Waals surface area contributed by atoms with Crippen LogP contribution in [0.25, 0.3) is 11.3 Å². The molecule has 1 amide bonds. The maximum Gasteiger partial charge on any atom is 0.269 e. The predicted octanol–water partition coefficient (Wildman–Crippen LogP) is 3.09. The van der Waals surface area contributed by atoms with E-state index in [9.17, 15) is 4.79 Å². The maximum absolute atomic E-state index is 12.7. The van der Waals surface area contributed by atoms with E-state index in [1.54, 1.807) is 20.3 Å². The van der Waals surface area contributed by atoms with E-state index in [4.69, 9.17) is 9.47 Å². The number of carbonyl (C=O) groups excluding carboxylic acids is 1. The lowest BCUT2D eigenvalue weighted by atomic mass is 9.83. The number of hydrogen-bond donors (Lipinski definition) is 2. The Bertz CT molecular complexity index is 848. The molecule has 0 radical (unpaired) electrons. The highest BCUT2D eigenvalue weighted by atomic mass is 16.5. The molecule has 7 nitrogen and oxygen atoms in total. The Hall–Kier alpha value is -2.54. The van der Waals surface area contributed by atoms with Crippen molar-refractivity contribution in [3.8, 4) is 22.8 Å². The van der Waals surface area contributed by atoms with Crippen molar-refractivity contribution in [2.24, 2.45) is 5.92 Å². The Kier molecular flexibility index (Phi) is 6.04. The number of fused-ring (bicyclic) bond motifs is 1. The SMILES string of the molecule is COc1ccc(OC)c(-c2cc(C(=O)NC[C@@H]3CCCN4CCCC[C@H]34)[nH]n2)c1. The first kappa shape index (κ1) is 19.8. The Morgan fingerprint density at radius 3 is 2.86 bits per heavy atom. The third-order valence-electron chi connectivity index (χ3n) is 6.26. The van der Waals surface area contributed by atoms with Crippen LogP contribution >= 0.6 is 0 Å². The molecule has 2 atom stereocenters. The van der Waals surface area contributed by atoms with E-state index in [0.29, 0.717) is 34.8 Å². The summed E-state index contributed by atoms with van der Waals surface area (Å²) in [5, 5.41) is 10.3. The van der Waals surface area contributed by atoms with Crippen LogP contribution < -0.4 is 14.8 Å². The minimum absolute atomic E-state index is 0.112. The minimum atomic E-state index is -0.112.